The molecule has 0 aromatic carbocycles. The minimum absolute atomic E-state index is 0. The Morgan fingerprint density at radius 3 is 0.750 bits per heavy atom. The number of hydrogen-bond acceptors (Lipinski definition) is 0. The summed E-state index contributed by atoms with van der Waals surface area (Å²) in [7, 11) is 0. The van der Waals surface area contributed by atoms with Crippen LogP contribution in [0, 0.1) is 60.3 Å². The molecule has 0 atom stereocenters. The van der Waals surface area contributed by atoms with Crippen LogP contribution in [-0.4, -0.2) is 0 Å². The van der Waals surface area contributed by atoms with E-state index in [1.807, 2.05) is 0 Å². The van der Waals surface area contributed by atoms with Gasteiger partial charge in [0.15, 0.2) is 0 Å². The van der Waals surface area contributed by atoms with Crippen molar-refractivity contribution in [1.82, 2.24) is 0 Å². The van der Waals surface area contributed by atoms with Gasteiger partial charge < -0.3 is 24.8 Å². The summed E-state index contributed by atoms with van der Waals surface area (Å²) in [5.41, 5.74) is 0. The maximum absolute atomic E-state index is 0. The van der Waals surface area contributed by atoms with E-state index in [1.165, 1.54) is 0 Å². The first-order chi connectivity index (χ1) is 0. The van der Waals surface area contributed by atoms with Gasteiger partial charge in [-0.1, -0.05) is 0 Å². The monoisotopic (exact) mass is 546 g/mol. The topological polar surface area (TPSA) is 0 Å². The number of halogens is 2. The van der Waals surface area contributed by atoms with Gasteiger partial charge in [0, 0.05) is 60.3 Å². The van der Waals surface area contributed by atoms with E-state index in [0.29, 0.717) is 0 Å². The predicted octanol–water partition coefficient (Wildman–Crippen LogP) is -5.99. The molecular weight excluding hydrogens is 553 g/mol. The summed E-state index contributed by atoms with van der Waals surface area (Å²) in [5, 5.41) is 0. The van der Waals surface area contributed by atoms with Crippen molar-refractivity contribution >= 4 is 0 Å². The van der Waals surface area contributed by atoms with Crippen LogP contribution in [0.25, 0.3) is 0 Å². The van der Waals surface area contributed by atoms with Crippen molar-refractivity contribution in [2.75, 3.05) is 0 Å². The van der Waals surface area contributed by atoms with Crippen molar-refractivity contribution in [3.63, 3.8) is 0 Å². The molecule has 0 aromatic rings. The normalized spacial score (nSPS) is 0. The van der Waals surface area contributed by atoms with Gasteiger partial charge in [0.05, 0.1) is 0 Å². The van der Waals surface area contributed by atoms with Gasteiger partial charge in [-0.05, 0) is 0 Å². The average molecular weight is 553 g/mol. The number of hydrogen-bond donors (Lipinski definition) is 0. The predicted molar refractivity (Wildman–Crippen MR) is 0 cm³/mol. The second-order valence-corrected chi connectivity index (χ2v) is 0. The molecule has 0 fully saturated rings. The quantitative estimate of drug-likeness (QED) is 0.281. The van der Waals surface area contributed by atoms with Crippen LogP contribution in [0.15, 0.2) is 0 Å². The Balaban J connectivity index is 0. The molecule has 0 saturated heterocycles. The zero-order chi connectivity index (χ0) is 0. The van der Waals surface area contributed by atoms with Gasteiger partial charge in [0.25, 0.3) is 0 Å². The van der Waals surface area contributed by atoms with Crippen molar-refractivity contribution in [3.8, 4) is 0 Å². The van der Waals surface area contributed by atoms with Crippen molar-refractivity contribution in [3.05, 3.63) is 0 Å². The Morgan fingerprint density at radius 2 is 0.750 bits per heavy atom. The van der Waals surface area contributed by atoms with Crippen molar-refractivity contribution < 1.29 is 85.1 Å². The molecule has 0 unspecified atom stereocenters. The van der Waals surface area contributed by atoms with E-state index in [4.69, 9.17) is 0 Å². The molecule has 0 aromatic heterocycles. The van der Waals surface area contributed by atoms with Gasteiger partial charge in [-0.2, -0.15) is 0 Å². The maximum Gasteiger partial charge on any atom is 0 e. The molecule has 0 amide bonds. The van der Waals surface area contributed by atoms with Gasteiger partial charge in [-0.25, -0.2) is 0 Å². The molecule has 0 radical (unpaired) electrons. The van der Waals surface area contributed by atoms with Crippen molar-refractivity contribution in [2.24, 2.45) is 0 Å². The van der Waals surface area contributed by atoms with Crippen LogP contribution in [0.5, 0.6) is 0 Å². The van der Waals surface area contributed by atoms with E-state index < -0.39 is 0 Å². The molecule has 4 heavy (non-hydrogen) atoms. The molecule has 0 rings (SSSR count). The summed E-state index contributed by atoms with van der Waals surface area (Å²) in [6, 6.07) is 0. The van der Waals surface area contributed by atoms with Gasteiger partial charge in [-0.15, -0.1) is 0 Å². The van der Waals surface area contributed by atoms with Gasteiger partial charge in [0.2, 0.25) is 0 Å². The molecule has 0 aliphatic carbocycles. The summed E-state index contributed by atoms with van der Waals surface area (Å²) >= 11 is 0. The first-order valence-electron chi connectivity index (χ1n) is 0. The van der Waals surface area contributed by atoms with E-state index in [-0.39, 0.29) is 85.1 Å². The third-order valence-corrected chi connectivity index (χ3v) is 0. The molecular formula is Cl2PuU-2. The van der Waals surface area contributed by atoms with Crippen LogP contribution in [0.1, 0.15) is 0 Å². The Bertz CT molecular complexity index is 6.00. The number of rotatable bonds is 0. The zero-order valence-corrected chi connectivity index (χ0v) is 10.7. The molecule has 0 aliphatic rings. The smallest absolute Gasteiger partial charge is 0 e. The minimum Gasteiger partial charge on any atom is -1.00 e. The standard InChI is InChI=1S/2ClH.Pu.U/h2*1H;;/p-2. The van der Waals surface area contributed by atoms with E-state index in [2.05, 4.69) is 0 Å². The van der Waals surface area contributed by atoms with E-state index in [1.54, 1.807) is 0 Å². The summed E-state index contributed by atoms with van der Waals surface area (Å²) in [6.45, 7) is 0. The minimum atomic E-state index is 0. The zero-order valence-electron chi connectivity index (χ0n) is 1.66. The molecule has 0 heterocycles. The maximum atomic E-state index is 0. The van der Waals surface area contributed by atoms with Crippen LogP contribution in [0.2, 0.25) is 0 Å². The molecule has 0 saturated carbocycles. The fraction of sp³-hybridized carbons (Fsp3) is 0. The Kier molecular flexibility index (Phi) is 133. The van der Waals surface area contributed by atoms with Gasteiger partial charge >= 0.3 is 0 Å². The summed E-state index contributed by atoms with van der Waals surface area (Å²) < 4.78 is 0. The Hall–Kier alpha value is 2.62. The molecule has 0 N–H and O–H groups in total. The van der Waals surface area contributed by atoms with E-state index in [0.717, 1.165) is 0 Å². The molecule has 0 spiro atoms. The van der Waals surface area contributed by atoms with E-state index >= 15 is 0 Å². The molecule has 0 bridgehead atoms. The van der Waals surface area contributed by atoms with Crippen LogP contribution in [-0.2, 0) is 0 Å². The van der Waals surface area contributed by atoms with Gasteiger partial charge in [-0.3, -0.25) is 0 Å². The summed E-state index contributed by atoms with van der Waals surface area (Å²) in [4.78, 5) is 0. The van der Waals surface area contributed by atoms with Crippen LogP contribution in [0.3, 0.4) is 0 Å². The van der Waals surface area contributed by atoms with Crippen molar-refractivity contribution in [1.29, 1.82) is 0 Å². The molecule has 26 valence electrons. The third kappa shape index (κ3) is 8.82. The Morgan fingerprint density at radius 1 is 0.750 bits per heavy atom. The average Bonchev–Trinajstić information content (AvgIpc) is 0. The van der Waals surface area contributed by atoms with Crippen LogP contribution < -0.4 is 24.8 Å². The molecule has 4 heteroatoms. The second-order valence-electron chi connectivity index (χ2n) is 0. The Labute approximate surface area is 83.6 Å². The van der Waals surface area contributed by atoms with Gasteiger partial charge in [0.1, 0.15) is 0 Å². The fourth-order valence-corrected chi connectivity index (χ4v) is 0. The largest absolute Gasteiger partial charge is 1.00 e. The summed E-state index contributed by atoms with van der Waals surface area (Å²) in [5.74, 6) is 0. The second kappa shape index (κ2) is 17.5. The first-order valence-corrected chi connectivity index (χ1v) is 0. The fourth-order valence-electron chi connectivity index (χ4n) is 0. The third-order valence-electron chi connectivity index (χ3n) is 0. The summed E-state index contributed by atoms with van der Waals surface area (Å²) in [6.07, 6.45) is 0. The SMILES string of the molecule is [Cl-].[Cl-].[Pu].[U]. The van der Waals surface area contributed by atoms with E-state index in [9.17, 15) is 0 Å². The van der Waals surface area contributed by atoms with Crippen molar-refractivity contribution in [2.45, 2.75) is 0 Å². The van der Waals surface area contributed by atoms with Crippen LogP contribution in [0.4, 0.5) is 0 Å². The molecule has 0 aliphatic heterocycles. The first kappa shape index (κ1) is 30.5. The molecule has 0 nitrogen and oxygen atoms in total. The van der Waals surface area contributed by atoms with Crippen LogP contribution >= 0.6 is 0 Å².